The molecule has 0 aromatic rings. The molecule has 1 aliphatic rings. The van der Waals surface area contributed by atoms with Crippen LogP contribution in [0.3, 0.4) is 0 Å². The van der Waals surface area contributed by atoms with Crippen molar-refractivity contribution >= 4 is 0 Å². The molecule has 3 N–H and O–H groups in total. The van der Waals surface area contributed by atoms with Gasteiger partial charge in [0, 0.05) is 39.4 Å². The molecule has 0 aliphatic carbocycles. The van der Waals surface area contributed by atoms with E-state index in [4.69, 9.17) is 14.9 Å². The van der Waals surface area contributed by atoms with E-state index >= 15 is 0 Å². The minimum Gasteiger partial charge on any atom is -0.395 e. The van der Waals surface area contributed by atoms with Gasteiger partial charge in [-0.2, -0.15) is 0 Å². The van der Waals surface area contributed by atoms with Crippen LogP contribution < -0.4 is 5.32 Å². The van der Waals surface area contributed by atoms with Gasteiger partial charge in [0.2, 0.25) is 0 Å². The van der Waals surface area contributed by atoms with Crippen LogP contribution >= 0.6 is 0 Å². The molecule has 1 aliphatic heterocycles. The zero-order valence-electron chi connectivity index (χ0n) is 13.1. The van der Waals surface area contributed by atoms with Gasteiger partial charge in [-0.25, -0.2) is 0 Å². The van der Waals surface area contributed by atoms with Crippen LogP contribution in [0.1, 0.15) is 26.7 Å². The van der Waals surface area contributed by atoms with Gasteiger partial charge in [0.1, 0.15) is 0 Å². The number of rotatable bonds is 10. The highest BCUT2D eigenvalue weighted by Gasteiger charge is 2.34. The Kier molecular flexibility index (Phi) is 8.64. The molecule has 0 amide bonds. The largest absolute Gasteiger partial charge is 0.395 e. The summed E-state index contributed by atoms with van der Waals surface area (Å²) in [6.45, 7) is 10.6. The molecule has 0 atom stereocenters. The average Bonchev–Trinajstić information content (AvgIpc) is 2.40. The van der Waals surface area contributed by atoms with Crippen LogP contribution in [0.4, 0.5) is 0 Å². The molecule has 1 saturated heterocycles. The van der Waals surface area contributed by atoms with E-state index in [-0.39, 0.29) is 18.6 Å². The Labute approximate surface area is 123 Å². The zero-order chi connectivity index (χ0) is 14.8. The summed E-state index contributed by atoms with van der Waals surface area (Å²) in [5.74, 6) is 0.651. The van der Waals surface area contributed by atoms with E-state index in [1.54, 1.807) is 0 Å². The summed E-state index contributed by atoms with van der Waals surface area (Å²) in [7, 11) is 0. The van der Waals surface area contributed by atoms with Gasteiger partial charge in [-0.05, 0) is 30.7 Å². The lowest BCUT2D eigenvalue weighted by atomic mass is 9.79. The van der Waals surface area contributed by atoms with Crippen molar-refractivity contribution in [3.63, 3.8) is 0 Å². The van der Waals surface area contributed by atoms with E-state index in [1.165, 1.54) is 0 Å². The van der Waals surface area contributed by atoms with Crippen LogP contribution in [0.5, 0.6) is 0 Å². The van der Waals surface area contributed by atoms with Gasteiger partial charge in [0.15, 0.2) is 0 Å². The van der Waals surface area contributed by atoms with Gasteiger partial charge in [-0.1, -0.05) is 13.8 Å². The van der Waals surface area contributed by atoms with Crippen molar-refractivity contribution in [3.05, 3.63) is 0 Å². The van der Waals surface area contributed by atoms with Crippen LogP contribution in [0, 0.1) is 11.3 Å². The normalized spacial score (nSPS) is 18.9. The molecule has 0 unspecified atom stereocenters. The smallest absolute Gasteiger partial charge is 0.0558 e. The Balaban J connectivity index is 2.56. The standard InChI is InChI=1S/C15H32N2O3/c1-14(2)11-16-12-15(3-9-20-10-4-15)13-17(5-7-18)6-8-19/h14,16,18-19H,3-13H2,1-2H3. The first-order valence-electron chi connectivity index (χ1n) is 7.84. The predicted octanol–water partition coefficient (Wildman–Crippen LogP) is 0.315. The Bertz CT molecular complexity index is 237. The van der Waals surface area contributed by atoms with Crippen molar-refractivity contribution in [3.8, 4) is 0 Å². The fraction of sp³-hybridized carbons (Fsp3) is 1.00. The number of aliphatic hydroxyl groups excluding tert-OH is 2. The van der Waals surface area contributed by atoms with E-state index < -0.39 is 0 Å². The third-order valence-electron chi connectivity index (χ3n) is 4.00. The number of nitrogens with one attached hydrogen (secondary N) is 1. The molecule has 0 radical (unpaired) electrons. The van der Waals surface area contributed by atoms with Crippen molar-refractivity contribution in [2.24, 2.45) is 11.3 Å². The summed E-state index contributed by atoms with van der Waals surface area (Å²) in [5, 5.41) is 21.9. The highest BCUT2D eigenvalue weighted by molar-refractivity contribution is 4.87. The number of hydrogen-bond acceptors (Lipinski definition) is 5. The topological polar surface area (TPSA) is 65.0 Å². The predicted molar refractivity (Wildman–Crippen MR) is 80.8 cm³/mol. The highest BCUT2D eigenvalue weighted by Crippen LogP contribution is 2.31. The first-order chi connectivity index (χ1) is 9.62. The third kappa shape index (κ3) is 6.50. The van der Waals surface area contributed by atoms with Crippen LogP contribution in [0.2, 0.25) is 0 Å². The molecule has 0 aromatic heterocycles. The maximum atomic E-state index is 9.16. The number of ether oxygens (including phenoxy) is 1. The first-order valence-corrected chi connectivity index (χ1v) is 7.84. The Morgan fingerprint density at radius 2 is 1.75 bits per heavy atom. The van der Waals surface area contributed by atoms with Crippen molar-refractivity contribution in [2.75, 3.05) is 59.2 Å². The molecule has 120 valence electrons. The van der Waals surface area contributed by atoms with Crippen molar-refractivity contribution in [1.29, 1.82) is 0 Å². The molecule has 0 spiro atoms. The summed E-state index contributed by atoms with van der Waals surface area (Å²) >= 11 is 0. The average molecular weight is 288 g/mol. The maximum Gasteiger partial charge on any atom is 0.0558 e. The quantitative estimate of drug-likeness (QED) is 0.540. The van der Waals surface area contributed by atoms with Gasteiger partial charge in [0.05, 0.1) is 13.2 Å². The van der Waals surface area contributed by atoms with E-state index in [0.717, 1.165) is 45.7 Å². The van der Waals surface area contributed by atoms with Crippen molar-refractivity contribution in [2.45, 2.75) is 26.7 Å². The maximum absolute atomic E-state index is 9.16. The molecular formula is C15H32N2O3. The molecule has 5 heteroatoms. The minimum absolute atomic E-state index is 0.145. The third-order valence-corrected chi connectivity index (χ3v) is 4.00. The Morgan fingerprint density at radius 1 is 1.15 bits per heavy atom. The van der Waals surface area contributed by atoms with Crippen LogP contribution in [-0.2, 0) is 4.74 Å². The van der Waals surface area contributed by atoms with Gasteiger partial charge in [-0.3, -0.25) is 4.90 Å². The number of aliphatic hydroxyl groups is 2. The molecule has 20 heavy (non-hydrogen) atoms. The fourth-order valence-corrected chi connectivity index (χ4v) is 2.85. The number of nitrogens with zero attached hydrogens (tertiary/aromatic N) is 1. The molecule has 0 bridgehead atoms. The van der Waals surface area contributed by atoms with E-state index in [9.17, 15) is 0 Å². The van der Waals surface area contributed by atoms with Crippen molar-refractivity contribution in [1.82, 2.24) is 10.2 Å². The summed E-state index contributed by atoms with van der Waals surface area (Å²) in [6, 6.07) is 0. The first kappa shape index (κ1) is 17.9. The van der Waals surface area contributed by atoms with Gasteiger partial charge in [-0.15, -0.1) is 0 Å². The summed E-state index contributed by atoms with van der Waals surface area (Å²) in [6.07, 6.45) is 2.09. The molecule has 1 rings (SSSR count). The van der Waals surface area contributed by atoms with E-state index in [0.29, 0.717) is 19.0 Å². The minimum atomic E-state index is 0.145. The van der Waals surface area contributed by atoms with Crippen molar-refractivity contribution < 1.29 is 14.9 Å². The lowest BCUT2D eigenvalue weighted by molar-refractivity contribution is -0.00892. The lowest BCUT2D eigenvalue weighted by Crippen LogP contribution is -2.49. The van der Waals surface area contributed by atoms with Crippen LogP contribution in [0.25, 0.3) is 0 Å². The lowest BCUT2D eigenvalue weighted by Gasteiger charge is -2.41. The second-order valence-electron chi connectivity index (χ2n) is 6.36. The summed E-state index contributed by atoms with van der Waals surface area (Å²) < 4.78 is 5.51. The SMILES string of the molecule is CC(C)CNCC1(CN(CCO)CCO)CCOCC1. The highest BCUT2D eigenvalue weighted by atomic mass is 16.5. The molecule has 1 fully saturated rings. The van der Waals surface area contributed by atoms with Gasteiger partial charge in [0.25, 0.3) is 0 Å². The van der Waals surface area contributed by atoms with Gasteiger partial charge < -0.3 is 20.3 Å². The van der Waals surface area contributed by atoms with E-state index in [1.807, 2.05) is 0 Å². The van der Waals surface area contributed by atoms with Crippen LogP contribution in [-0.4, -0.2) is 74.3 Å². The Morgan fingerprint density at radius 3 is 2.25 bits per heavy atom. The monoisotopic (exact) mass is 288 g/mol. The summed E-state index contributed by atoms with van der Waals surface area (Å²) in [5.41, 5.74) is 0.206. The van der Waals surface area contributed by atoms with Crippen LogP contribution in [0.15, 0.2) is 0 Å². The van der Waals surface area contributed by atoms with Gasteiger partial charge >= 0.3 is 0 Å². The molecule has 1 heterocycles. The fourth-order valence-electron chi connectivity index (χ4n) is 2.85. The molecule has 0 aromatic carbocycles. The second kappa shape index (κ2) is 9.68. The zero-order valence-corrected chi connectivity index (χ0v) is 13.1. The Hall–Kier alpha value is -0.200. The second-order valence-corrected chi connectivity index (χ2v) is 6.36. The molecule has 5 nitrogen and oxygen atoms in total. The van der Waals surface area contributed by atoms with E-state index in [2.05, 4.69) is 24.1 Å². The molecular weight excluding hydrogens is 256 g/mol. The summed E-state index contributed by atoms with van der Waals surface area (Å²) in [4.78, 5) is 2.17. The molecule has 0 saturated carbocycles. The number of hydrogen-bond donors (Lipinski definition) is 3.